The smallest absolute Gasteiger partial charge is 0.303 e. The maximum absolute atomic E-state index is 11.8. The Morgan fingerprint density at radius 3 is 2.44 bits per heavy atom. The van der Waals surface area contributed by atoms with Crippen molar-refractivity contribution >= 4 is 35.0 Å². The summed E-state index contributed by atoms with van der Waals surface area (Å²) in [6.45, 7) is 0. The second-order valence-electron chi connectivity index (χ2n) is 3.61. The van der Waals surface area contributed by atoms with Crippen LogP contribution in [0.3, 0.4) is 0 Å². The number of benzene rings is 1. The Labute approximate surface area is 114 Å². The van der Waals surface area contributed by atoms with Gasteiger partial charge >= 0.3 is 5.97 Å². The second kappa shape index (κ2) is 6.61. The molecule has 1 rings (SSSR count). The molecule has 0 spiro atoms. The summed E-state index contributed by atoms with van der Waals surface area (Å²) in [5.74, 6) is -0.767. The third-order valence-corrected chi connectivity index (χ3v) is 3.23. The highest BCUT2D eigenvalue weighted by Crippen LogP contribution is 2.35. The van der Waals surface area contributed by atoms with Gasteiger partial charge in [-0.3, -0.25) is 9.59 Å². The first-order chi connectivity index (χ1) is 8.47. The van der Waals surface area contributed by atoms with E-state index in [1.165, 1.54) is 13.2 Å². The Morgan fingerprint density at radius 2 is 1.89 bits per heavy atom. The average molecular weight is 291 g/mol. The molecule has 0 saturated heterocycles. The summed E-state index contributed by atoms with van der Waals surface area (Å²) in [5.41, 5.74) is 0.285. The van der Waals surface area contributed by atoms with Gasteiger partial charge in [-0.05, 0) is 18.6 Å². The highest BCUT2D eigenvalue weighted by molar-refractivity contribution is 6.44. The van der Waals surface area contributed by atoms with Gasteiger partial charge in [-0.1, -0.05) is 23.2 Å². The number of hydrogen-bond acceptors (Lipinski definition) is 3. The summed E-state index contributed by atoms with van der Waals surface area (Å²) in [5, 5.41) is 8.81. The van der Waals surface area contributed by atoms with Gasteiger partial charge in [-0.25, -0.2) is 0 Å². The molecule has 1 aromatic rings. The number of aliphatic carboxylic acids is 1. The van der Waals surface area contributed by atoms with E-state index in [4.69, 9.17) is 33.0 Å². The zero-order valence-corrected chi connectivity index (χ0v) is 11.2. The number of hydrogen-bond donors (Lipinski definition) is 1. The molecule has 0 aliphatic heterocycles. The minimum Gasteiger partial charge on any atom is -0.495 e. The van der Waals surface area contributed by atoms with Crippen LogP contribution in [-0.4, -0.2) is 24.0 Å². The lowest BCUT2D eigenvalue weighted by Gasteiger charge is -2.08. The van der Waals surface area contributed by atoms with Crippen molar-refractivity contribution in [2.24, 2.45) is 0 Å². The van der Waals surface area contributed by atoms with Crippen LogP contribution >= 0.6 is 23.2 Å². The van der Waals surface area contributed by atoms with Crippen molar-refractivity contribution in [3.05, 3.63) is 27.7 Å². The molecule has 0 fully saturated rings. The lowest BCUT2D eigenvalue weighted by atomic mass is 10.1. The maximum Gasteiger partial charge on any atom is 0.303 e. The summed E-state index contributed by atoms with van der Waals surface area (Å²) < 4.78 is 4.97. The van der Waals surface area contributed by atoms with Gasteiger partial charge in [0.15, 0.2) is 5.78 Å². The monoisotopic (exact) mass is 290 g/mol. The second-order valence-corrected chi connectivity index (χ2v) is 4.37. The van der Waals surface area contributed by atoms with Crippen molar-refractivity contribution in [2.75, 3.05) is 7.11 Å². The molecule has 0 bridgehead atoms. The zero-order chi connectivity index (χ0) is 13.7. The van der Waals surface area contributed by atoms with E-state index in [0.717, 1.165) is 0 Å². The highest BCUT2D eigenvalue weighted by Gasteiger charge is 2.16. The van der Waals surface area contributed by atoms with Crippen LogP contribution in [0.25, 0.3) is 0 Å². The van der Waals surface area contributed by atoms with Gasteiger partial charge in [-0.2, -0.15) is 0 Å². The van der Waals surface area contributed by atoms with Gasteiger partial charge in [0.05, 0.1) is 12.1 Å². The highest BCUT2D eigenvalue weighted by atomic mass is 35.5. The van der Waals surface area contributed by atoms with Crippen molar-refractivity contribution in [3.8, 4) is 5.75 Å². The predicted molar refractivity (Wildman–Crippen MR) is 68.8 cm³/mol. The zero-order valence-electron chi connectivity index (χ0n) is 9.70. The van der Waals surface area contributed by atoms with Crippen LogP contribution in [0.4, 0.5) is 0 Å². The van der Waals surface area contributed by atoms with Gasteiger partial charge in [0.2, 0.25) is 0 Å². The topological polar surface area (TPSA) is 63.6 Å². The molecule has 6 heteroatoms. The largest absolute Gasteiger partial charge is 0.495 e. The lowest BCUT2D eigenvalue weighted by molar-refractivity contribution is -0.137. The molecule has 0 aromatic heterocycles. The molecule has 0 unspecified atom stereocenters. The van der Waals surface area contributed by atoms with Crippen LogP contribution in [0.5, 0.6) is 5.75 Å². The van der Waals surface area contributed by atoms with E-state index in [1.807, 2.05) is 0 Å². The third kappa shape index (κ3) is 3.62. The Morgan fingerprint density at radius 1 is 1.22 bits per heavy atom. The number of carboxylic acid groups (broad SMARTS) is 1. The number of carbonyl (C=O) groups excluding carboxylic acids is 1. The van der Waals surface area contributed by atoms with Crippen LogP contribution in [0, 0.1) is 0 Å². The van der Waals surface area contributed by atoms with E-state index in [2.05, 4.69) is 0 Å². The Bertz CT molecular complexity index is 471. The summed E-state index contributed by atoms with van der Waals surface area (Å²) in [4.78, 5) is 22.2. The fourth-order valence-corrected chi connectivity index (χ4v) is 1.94. The molecule has 18 heavy (non-hydrogen) atoms. The first-order valence-corrected chi connectivity index (χ1v) is 6.00. The number of methoxy groups -OCH3 is 1. The van der Waals surface area contributed by atoms with Crippen molar-refractivity contribution in [1.29, 1.82) is 0 Å². The predicted octanol–water partition coefficient (Wildman–Crippen LogP) is 3.44. The molecule has 0 atom stereocenters. The molecular weight excluding hydrogens is 279 g/mol. The van der Waals surface area contributed by atoms with E-state index >= 15 is 0 Å². The Kier molecular flexibility index (Phi) is 5.44. The summed E-state index contributed by atoms with van der Waals surface area (Å²) in [6.07, 6.45) is 0.343. The number of ether oxygens (including phenoxy) is 1. The minimum absolute atomic E-state index is 0.0484. The molecule has 0 aliphatic carbocycles. The van der Waals surface area contributed by atoms with Crippen LogP contribution < -0.4 is 4.74 Å². The van der Waals surface area contributed by atoms with Crippen molar-refractivity contribution in [1.82, 2.24) is 0 Å². The van der Waals surface area contributed by atoms with Gasteiger partial charge < -0.3 is 9.84 Å². The van der Waals surface area contributed by atoms with Gasteiger partial charge in [0.25, 0.3) is 0 Å². The van der Waals surface area contributed by atoms with Crippen molar-refractivity contribution in [2.45, 2.75) is 19.3 Å². The van der Waals surface area contributed by atoms with E-state index in [-0.39, 0.29) is 40.7 Å². The number of halogens is 2. The number of ketones is 1. The number of carbonyl (C=O) groups is 2. The molecule has 0 saturated carbocycles. The van der Waals surface area contributed by atoms with Gasteiger partial charge in [0, 0.05) is 18.4 Å². The molecule has 1 aromatic carbocycles. The van der Waals surface area contributed by atoms with Crippen molar-refractivity contribution < 1.29 is 19.4 Å². The standard InChI is InChI=1S/C12H12Cl2O4/c1-18-9-6-5-7(11(13)12(9)14)8(15)3-2-4-10(16)17/h5-6H,2-4H2,1H3,(H,16,17). The van der Waals surface area contributed by atoms with E-state index in [9.17, 15) is 9.59 Å². The minimum atomic E-state index is -0.929. The lowest BCUT2D eigenvalue weighted by Crippen LogP contribution is -2.03. The molecule has 0 heterocycles. The Balaban J connectivity index is 2.80. The number of Topliss-reactive ketones (excluding diaryl/α,β-unsaturated/α-hetero) is 1. The van der Waals surface area contributed by atoms with Gasteiger partial charge in [-0.15, -0.1) is 0 Å². The van der Waals surface area contributed by atoms with Crippen LogP contribution in [0.1, 0.15) is 29.6 Å². The average Bonchev–Trinajstić information content (AvgIpc) is 2.32. The first kappa shape index (κ1) is 14.8. The Hall–Kier alpha value is -1.26. The normalized spacial score (nSPS) is 10.2. The summed E-state index contributed by atoms with van der Waals surface area (Å²) in [6, 6.07) is 3.08. The van der Waals surface area contributed by atoms with Gasteiger partial charge in [0.1, 0.15) is 10.8 Å². The third-order valence-electron chi connectivity index (χ3n) is 2.36. The molecule has 1 N–H and O–H groups in total. The summed E-state index contributed by atoms with van der Waals surface area (Å²) in [7, 11) is 1.45. The number of carboxylic acids is 1. The molecule has 4 nitrogen and oxygen atoms in total. The first-order valence-electron chi connectivity index (χ1n) is 5.24. The van der Waals surface area contributed by atoms with Crippen LogP contribution in [0.2, 0.25) is 10.0 Å². The van der Waals surface area contributed by atoms with Crippen LogP contribution in [-0.2, 0) is 4.79 Å². The fraction of sp³-hybridized carbons (Fsp3) is 0.333. The molecule has 98 valence electrons. The van der Waals surface area contributed by atoms with E-state index < -0.39 is 5.97 Å². The maximum atomic E-state index is 11.8. The number of rotatable bonds is 6. The van der Waals surface area contributed by atoms with Crippen molar-refractivity contribution in [3.63, 3.8) is 0 Å². The fourth-order valence-electron chi connectivity index (χ4n) is 1.44. The quantitative estimate of drug-likeness (QED) is 0.815. The van der Waals surface area contributed by atoms with E-state index in [0.29, 0.717) is 5.75 Å². The van der Waals surface area contributed by atoms with Crippen LogP contribution in [0.15, 0.2) is 12.1 Å². The molecule has 0 aliphatic rings. The SMILES string of the molecule is COc1ccc(C(=O)CCCC(=O)O)c(Cl)c1Cl. The molecular formula is C12H12Cl2O4. The molecule has 0 radical (unpaired) electrons. The summed E-state index contributed by atoms with van der Waals surface area (Å²) >= 11 is 11.9. The van der Waals surface area contributed by atoms with E-state index in [1.54, 1.807) is 6.07 Å². The molecule has 0 amide bonds.